The molecule has 1 N–H and O–H groups in total. The number of benzene rings is 1. The van der Waals surface area contributed by atoms with Crippen LogP contribution in [0.2, 0.25) is 0 Å². The zero-order valence-corrected chi connectivity index (χ0v) is 15.5. The average molecular weight is 369 g/mol. The normalized spacial score (nSPS) is 18.7. The van der Waals surface area contributed by atoms with Crippen molar-refractivity contribution in [2.24, 2.45) is 0 Å². The minimum atomic E-state index is -0.730. The quantitative estimate of drug-likeness (QED) is 0.849. The number of nitrogens with one attached hydrogen (secondary N) is 1. The smallest absolute Gasteiger partial charge is 0.251 e. The lowest BCUT2D eigenvalue weighted by atomic mass is 10.1. The van der Waals surface area contributed by atoms with Crippen LogP contribution in [0.15, 0.2) is 24.3 Å². The predicted molar refractivity (Wildman–Crippen MR) is 97.1 cm³/mol. The van der Waals surface area contributed by atoms with Crippen LogP contribution in [0.25, 0.3) is 0 Å². The first-order valence-corrected chi connectivity index (χ1v) is 9.19. The molecule has 2 amide bonds. The zero-order valence-electron chi connectivity index (χ0n) is 15.5. The summed E-state index contributed by atoms with van der Waals surface area (Å²) in [6.07, 6.45) is 2.21. The molecule has 1 saturated carbocycles. The number of amides is 2. The summed E-state index contributed by atoms with van der Waals surface area (Å²) in [6.45, 7) is 2.92. The van der Waals surface area contributed by atoms with E-state index in [1.54, 1.807) is 12.0 Å². The van der Waals surface area contributed by atoms with E-state index in [4.69, 9.17) is 4.74 Å². The van der Waals surface area contributed by atoms with E-state index in [9.17, 15) is 9.59 Å². The minimum absolute atomic E-state index is 0.0944. The van der Waals surface area contributed by atoms with Gasteiger partial charge in [-0.1, -0.05) is 12.1 Å². The van der Waals surface area contributed by atoms with Gasteiger partial charge in [-0.15, -0.1) is 10.2 Å². The molecular formula is C19H23N5O3. The number of methoxy groups -OCH3 is 1. The van der Waals surface area contributed by atoms with Crippen molar-refractivity contribution >= 4 is 11.8 Å². The first-order chi connectivity index (χ1) is 13.1. The van der Waals surface area contributed by atoms with Gasteiger partial charge in [0, 0.05) is 19.1 Å². The number of aromatic nitrogens is 3. The lowest BCUT2D eigenvalue weighted by Gasteiger charge is -2.35. The molecule has 0 spiro atoms. The van der Waals surface area contributed by atoms with E-state index >= 15 is 0 Å². The molecule has 8 heteroatoms. The maximum absolute atomic E-state index is 13.0. The van der Waals surface area contributed by atoms with Crippen LogP contribution >= 0.6 is 0 Å². The highest BCUT2D eigenvalue weighted by atomic mass is 16.5. The summed E-state index contributed by atoms with van der Waals surface area (Å²) < 4.78 is 7.08. The SMILES string of the molecule is COc1ccc(CC(=O)N2CCn3c(C)nnc3C2C(=O)NC2CC2)cc1. The van der Waals surface area contributed by atoms with Gasteiger partial charge in [-0.05, 0) is 37.5 Å². The van der Waals surface area contributed by atoms with Gasteiger partial charge in [0.05, 0.1) is 13.5 Å². The Morgan fingerprint density at radius 1 is 1.19 bits per heavy atom. The Labute approximate surface area is 157 Å². The molecular weight excluding hydrogens is 346 g/mol. The van der Waals surface area contributed by atoms with Crippen LogP contribution < -0.4 is 10.1 Å². The van der Waals surface area contributed by atoms with Gasteiger partial charge in [-0.25, -0.2) is 0 Å². The van der Waals surface area contributed by atoms with E-state index in [0.29, 0.717) is 18.9 Å². The number of hydrogen-bond acceptors (Lipinski definition) is 5. The average Bonchev–Trinajstić information content (AvgIpc) is 3.42. The molecule has 1 aliphatic carbocycles. The molecule has 27 heavy (non-hydrogen) atoms. The van der Waals surface area contributed by atoms with Crippen LogP contribution in [0.4, 0.5) is 0 Å². The Bertz CT molecular complexity index is 857. The maximum Gasteiger partial charge on any atom is 0.251 e. The van der Waals surface area contributed by atoms with Crippen LogP contribution in [-0.4, -0.2) is 51.2 Å². The van der Waals surface area contributed by atoms with Crippen LogP contribution in [-0.2, 0) is 22.6 Å². The van der Waals surface area contributed by atoms with Crippen molar-refractivity contribution < 1.29 is 14.3 Å². The zero-order chi connectivity index (χ0) is 19.0. The third kappa shape index (κ3) is 3.51. The van der Waals surface area contributed by atoms with E-state index in [-0.39, 0.29) is 24.3 Å². The fourth-order valence-corrected chi connectivity index (χ4v) is 3.41. The molecule has 1 atom stereocenters. The molecule has 1 fully saturated rings. The lowest BCUT2D eigenvalue weighted by molar-refractivity contribution is -0.142. The second kappa shape index (κ2) is 7.02. The number of hydrogen-bond donors (Lipinski definition) is 1. The van der Waals surface area contributed by atoms with Crippen LogP contribution in [0.1, 0.15) is 36.1 Å². The Hall–Kier alpha value is -2.90. The molecule has 0 saturated heterocycles. The molecule has 142 valence electrons. The standard InChI is InChI=1S/C19H23N5O3/c1-12-21-22-18-17(19(26)20-14-5-6-14)24(10-9-23(12)18)16(25)11-13-3-7-15(27-2)8-4-13/h3-4,7-8,14,17H,5-6,9-11H2,1-2H3,(H,20,26). The molecule has 0 radical (unpaired) electrons. The second-order valence-corrected chi connectivity index (χ2v) is 7.05. The lowest BCUT2D eigenvalue weighted by Crippen LogP contribution is -2.50. The van der Waals surface area contributed by atoms with Crippen LogP contribution in [0.5, 0.6) is 5.75 Å². The van der Waals surface area contributed by atoms with E-state index in [0.717, 1.165) is 30.0 Å². The van der Waals surface area contributed by atoms with Crippen molar-refractivity contribution in [3.05, 3.63) is 41.5 Å². The van der Waals surface area contributed by atoms with Gasteiger partial charge in [0.1, 0.15) is 11.6 Å². The summed E-state index contributed by atoms with van der Waals surface area (Å²) in [5.41, 5.74) is 0.880. The van der Waals surface area contributed by atoms with Crippen molar-refractivity contribution in [1.82, 2.24) is 25.0 Å². The number of aryl methyl sites for hydroxylation is 1. The van der Waals surface area contributed by atoms with Gasteiger partial charge in [0.15, 0.2) is 11.9 Å². The first-order valence-electron chi connectivity index (χ1n) is 9.19. The minimum Gasteiger partial charge on any atom is -0.497 e. The molecule has 1 aliphatic heterocycles. The summed E-state index contributed by atoms with van der Waals surface area (Å²) in [6, 6.07) is 6.88. The second-order valence-electron chi connectivity index (χ2n) is 7.05. The van der Waals surface area contributed by atoms with Crippen molar-refractivity contribution in [2.45, 2.75) is 44.8 Å². The van der Waals surface area contributed by atoms with Gasteiger partial charge in [-0.3, -0.25) is 9.59 Å². The van der Waals surface area contributed by atoms with Crippen molar-refractivity contribution in [2.75, 3.05) is 13.7 Å². The van der Waals surface area contributed by atoms with E-state index in [2.05, 4.69) is 15.5 Å². The van der Waals surface area contributed by atoms with Crippen LogP contribution in [0, 0.1) is 6.92 Å². The molecule has 4 rings (SSSR count). The number of carbonyl (C=O) groups is 2. The Balaban J connectivity index is 1.56. The maximum atomic E-state index is 13.0. The molecule has 0 bridgehead atoms. The molecule has 2 aromatic rings. The Kier molecular flexibility index (Phi) is 4.55. The highest BCUT2D eigenvalue weighted by molar-refractivity contribution is 5.89. The third-order valence-corrected chi connectivity index (χ3v) is 5.09. The molecule has 1 aromatic heterocycles. The summed E-state index contributed by atoms with van der Waals surface area (Å²) in [7, 11) is 1.61. The van der Waals surface area contributed by atoms with Crippen LogP contribution in [0.3, 0.4) is 0 Å². The first kappa shape index (κ1) is 17.5. The highest BCUT2D eigenvalue weighted by Gasteiger charge is 2.40. The molecule has 2 heterocycles. The summed E-state index contributed by atoms with van der Waals surface area (Å²) in [5, 5.41) is 11.3. The third-order valence-electron chi connectivity index (χ3n) is 5.09. The largest absolute Gasteiger partial charge is 0.497 e. The number of fused-ring (bicyclic) bond motifs is 1. The summed E-state index contributed by atoms with van der Waals surface area (Å²) in [5.74, 6) is 1.78. The highest BCUT2D eigenvalue weighted by Crippen LogP contribution is 2.28. The molecule has 8 nitrogen and oxygen atoms in total. The van der Waals surface area contributed by atoms with Gasteiger partial charge in [0.25, 0.3) is 5.91 Å². The number of nitrogens with zero attached hydrogens (tertiary/aromatic N) is 4. The van der Waals surface area contributed by atoms with Crippen molar-refractivity contribution in [3.63, 3.8) is 0 Å². The monoisotopic (exact) mass is 369 g/mol. The number of rotatable bonds is 5. The molecule has 2 aliphatic rings. The molecule has 1 aromatic carbocycles. The fourth-order valence-electron chi connectivity index (χ4n) is 3.41. The fraction of sp³-hybridized carbons (Fsp3) is 0.474. The summed E-state index contributed by atoms with van der Waals surface area (Å²) in [4.78, 5) is 27.5. The van der Waals surface area contributed by atoms with Gasteiger partial charge >= 0.3 is 0 Å². The van der Waals surface area contributed by atoms with Crippen molar-refractivity contribution in [3.8, 4) is 5.75 Å². The molecule has 1 unspecified atom stereocenters. The van der Waals surface area contributed by atoms with Gasteiger partial charge < -0.3 is 19.5 Å². The van der Waals surface area contributed by atoms with E-state index in [1.807, 2.05) is 35.8 Å². The Morgan fingerprint density at radius 3 is 2.59 bits per heavy atom. The topological polar surface area (TPSA) is 89.3 Å². The van der Waals surface area contributed by atoms with E-state index in [1.165, 1.54) is 0 Å². The number of ether oxygens (including phenoxy) is 1. The van der Waals surface area contributed by atoms with Crippen molar-refractivity contribution in [1.29, 1.82) is 0 Å². The van der Waals surface area contributed by atoms with Gasteiger partial charge in [0.2, 0.25) is 5.91 Å². The Morgan fingerprint density at radius 2 is 1.93 bits per heavy atom. The summed E-state index contributed by atoms with van der Waals surface area (Å²) >= 11 is 0. The predicted octanol–water partition coefficient (Wildman–Crippen LogP) is 1.000. The van der Waals surface area contributed by atoms with E-state index < -0.39 is 6.04 Å². The number of carbonyl (C=O) groups excluding carboxylic acids is 2. The van der Waals surface area contributed by atoms with Gasteiger partial charge in [-0.2, -0.15) is 0 Å².